The number of hydrogen-bond acceptors (Lipinski definition) is 2. The van der Waals surface area contributed by atoms with E-state index in [-0.39, 0.29) is 11.9 Å². The minimum atomic E-state index is -0.245. The highest BCUT2D eigenvalue weighted by Gasteiger charge is 2.07. The average molecular weight is 304 g/mol. The van der Waals surface area contributed by atoms with Gasteiger partial charge in [-0.1, -0.05) is 12.1 Å². The van der Waals surface area contributed by atoms with E-state index in [1.165, 1.54) is 12.1 Å². The van der Waals surface area contributed by atoms with Gasteiger partial charge in [0.1, 0.15) is 11.6 Å². The van der Waals surface area contributed by atoms with Crippen molar-refractivity contribution < 1.29 is 9.13 Å². The molecule has 0 saturated heterocycles. The van der Waals surface area contributed by atoms with Crippen molar-refractivity contribution in [3.05, 3.63) is 59.9 Å². The predicted octanol–water partition coefficient (Wildman–Crippen LogP) is 3.88. The number of anilines is 1. The maximum absolute atomic E-state index is 12.9. The summed E-state index contributed by atoms with van der Waals surface area (Å²) >= 11 is 5.27. The first-order chi connectivity index (χ1) is 10.1. The molecule has 110 valence electrons. The number of hydrogen-bond donors (Lipinski definition) is 2. The van der Waals surface area contributed by atoms with Crippen molar-refractivity contribution in [3.8, 4) is 5.75 Å². The van der Waals surface area contributed by atoms with Crippen LogP contribution in [-0.4, -0.2) is 12.2 Å². The van der Waals surface area contributed by atoms with Gasteiger partial charge in [0.2, 0.25) is 0 Å². The van der Waals surface area contributed by atoms with Crippen LogP contribution in [0.15, 0.2) is 48.5 Å². The molecule has 5 heteroatoms. The van der Waals surface area contributed by atoms with Crippen molar-refractivity contribution in [2.45, 2.75) is 13.0 Å². The second-order valence-corrected chi connectivity index (χ2v) is 5.01. The Labute approximate surface area is 129 Å². The Bertz CT molecular complexity index is 599. The summed E-state index contributed by atoms with van der Waals surface area (Å²) in [7, 11) is 1.62. The van der Waals surface area contributed by atoms with E-state index in [0.29, 0.717) is 5.11 Å². The number of thiocarbonyl (C=S) groups is 1. The van der Waals surface area contributed by atoms with Gasteiger partial charge in [-0.3, -0.25) is 0 Å². The molecule has 0 unspecified atom stereocenters. The van der Waals surface area contributed by atoms with Crippen LogP contribution >= 0.6 is 12.2 Å². The molecule has 0 spiro atoms. The van der Waals surface area contributed by atoms with Crippen LogP contribution < -0.4 is 15.4 Å². The van der Waals surface area contributed by atoms with Crippen LogP contribution in [0.3, 0.4) is 0 Å². The van der Waals surface area contributed by atoms with E-state index in [2.05, 4.69) is 10.6 Å². The number of methoxy groups -OCH3 is 1. The maximum atomic E-state index is 12.9. The van der Waals surface area contributed by atoms with Crippen LogP contribution in [0.2, 0.25) is 0 Å². The lowest BCUT2D eigenvalue weighted by molar-refractivity contribution is 0.415. The van der Waals surface area contributed by atoms with Gasteiger partial charge in [-0.05, 0) is 61.1 Å². The number of benzene rings is 2. The van der Waals surface area contributed by atoms with Crippen molar-refractivity contribution in [1.29, 1.82) is 0 Å². The molecule has 21 heavy (non-hydrogen) atoms. The predicted molar refractivity (Wildman–Crippen MR) is 87.2 cm³/mol. The zero-order chi connectivity index (χ0) is 15.2. The fraction of sp³-hybridized carbons (Fsp3) is 0.188. The molecule has 1 atom stereocenters. The van der Waals surface area contributed by atoms with Gasteiger partial charge in [0.05, 0.1) is 13.2 Å². The SMILES string of the molecule is COc1ccc(NC(=S)N[C@H](C)c2ccc(F)cc2)cc1. The molecule has 0 aliphatic rings. The van der Waals surface area contributed by atoms with Crippen LogP contribution in [0.1, 0.15) is 18.5 Å². The Morgan fingerprint density at radius 3 is 2.29 bits per heavy atom. The molecule has 2 aromatic carbocycles. The summed E-state index contributed by atoms with van der Waals surface area (Å²) in [5.41, 5.74) is 1.84. The molecule has 0 heterocycles. The molecule has 2 rings (SSSR count). The molecule has 0 fully saturated rings. The third-order valence-corrected chi connectivity index (χ3v) is 3.29. The van der Waals surface area contributed by atoms with Gasteiger partial charge in [-0.15, -0.1) is 0 Å². The summed E-state index contributed by atoms with van der Waals surface area (Å²) in [5.74, 6) is 0.545. The summed E-state index contributed by atoms with van der Waals surface area (Å²) in [6, 6.07) is 13.8. The first kappa shape index (κ1) is 15.3. The summed E-state index contributed by atoms with van der Waals surface area (Å²) in [6.45, 7) is 1.97. The molecule has 0 aliphatic carbocycles. The van der Waals surface area contributed by atoms with Gasteiger partial charge >= 0.3 is 0 Å². The van der Waals surface area contributed by atoms with Crippen molar-refractivity contribution in [2.75, 3.05) is 12.4 Å². The van der Waals surface area contributed by atoms with Crippen LogP contribution in [-0.2, 0) is 0 Å². The number of nitrogens with one attached hydrogen (secondary N) is 2. The maximum Gasteiger partial charge on any atom is 0.171 e. The Morgan fingerprint density at radius 1 is 1.10 bits per heavy atom. The molecule has 0 radical (unpaired) electrons. The van der Waals surface area contributed by atoms with Gasteiger partial charge in [0.15, 0.2) is 5.11 Å². The van der Waals surface area contributed by atoms with Crippen molar-refractivity contribution >= 4 is 23.0 Å². The highest BCUT2D eigenvalue weighted by Crippen LogP contribution is 2.16. The van der Waals surface area contributed by atoms with E-state index in [4.69, 9.17) is 17.0 Å². The number of ether oxygens (including phenoxy) is 1. The summed E-state index contributed by atoms with van der Waals surface area (Å²) in [4.78, 5) is 0. The van der Waals surface area contributed by atoms with Crippen LogP contribution in [0.25, 0.3) is 0 Å². The highest BCUT2D eigenvalue weighted by atomic mass is 32.1. The standard InChI is InChI=1S/C16H17FN2OS/c1-11(12-3-5-13(17)6-4-12)18-16(21)19-14-7-9-15(20-2)10-8-14/h3-11H,1-2H3,(H2,18,19,21)/t11-/m1/s1. The summed E-state index contributed by atoms with van der Waals surface area (Å²) in [5, 5.41) is 6.77. The molecule has 0 aliphatic heterocycles. The lowest BCUT2D eigenvalue weighted by Gasteiger charge is -2.17. The van der Waals surface area contributed by atoms with Gasteiger partial charge in [-0.2, -0.15) is 0 Å². The van der Waals surface area contributed by atoms with E-state index < -0.39 is 0 Å². The molecule has 2 N–H and O–H groups in total. The Balaban J connectivity index is 1.92. The van der Waals surface area contributed by atoms with E-state index in [1.807, 2.05) is 31.2 Å². The fourth-order valence-corrected chi connectivity index (χ4v) is 2.17. The number of halogens is 1. The third-order valence-electron chi connectivity index (χ3n) is 3.07. The van der Waals surface area contributed by atoms with Crippen molar-refractivity contribution in [1.82, 2.24) is 5.32 Å². The zero-order valence-electron chi connectivity index (χ0n) is 11.9. The molecular weight excluding hydrogens is 287 g/mol. The van der Waals surface area contributed by atoms with E-state index in [0.717, 1.165) is 17.0 Å². The molecule has 0 saturated carbocycles. The van der Waals surface area contributed by atoms with Crippen LogP contribution in [0.4, 0.5) is 10.1 Å². The molecule has 0 amide bonds. The molecule has 0 aromatic heterocycles. The lowest BCUT2D eigenvalue weighted by atomic mass is 10.1. The monoisotopic (exact) mass is 304 g/mol. The second kappa shape index (κ2) is 7.04. The minimum Gasteiger partial charge on any atom is -0.497 e. The average Bonchev–Trinajstić information content (AvgIpc) is 2.48. The summed E-state index contributed by atoms with van der Waals surface area (Å²) in [6.07, 6.45) is 0. The normalized spacial score (nSPS) is 11.6. The Kier molecular flexibility index (Phi) is 5.11. The molecule has 2 aromatic rings. The first-order valence-electron chi connectivity index (χ1n) is 6.55. The fourth-order valence-electron chi connectivity index (χ4n) is 1.87. The Hall–Kier alpha value is -2.14. The van der Waals surface area contributed by atoms with Gasteiger partial charge in [-0.25, -0.2) is 4.39 Å². The van der Waals surface area contributed by atoms with Gasteiger partial charge < -0.3 is 15.4 Å². The summed E-state index contributed by atoms with van der Waals surface area (Å²) < 4.78 is 18.0. The molecular formula is C16H17FN2OS. The quantitative estimate of drug-likeness (QED) is 0.840. The topological polar surface area (TPSA) is 33.3 Å². The van der Waals surface area contributed by atoms with E-state index >= 15 is 0 Å². The second-order valence-electron chi connectivity index (χ2n) is 4.60. The third kappa shape index (κ3) is 4.43. The molecule has 3 nitrogen and oxygen atoms in total. The molecule has 0 bridgehead atoms. The highest BCUT2D eigenvalue weighted by molar-refractivity contribution is 7.80. The van der Waals surface area contributed by atoms with Crippen molar-refractivity contribution in [3.63, 3.8) is 0 Å². The van der Waals surface area contributed by atoms with Gasteiger partial charge in [0.25, 0.3) is 0 Å². The van der Waals surface area contributed by atoms with E-state index in [9.17, 15) is 4.39 Å². The zero-order valence-corrected chi connectivity index (χ0v) is 12.7. The minimum absolute atomic E-state index is 0.0103. The van der Waals surface area contributed by atoms with Crippen LogP contribution in [0.5, 0.6) is 5.75 Å². The number of rotatable bonds is 4. The first-order valence-corrected chi connectivity index (χ1v) is 6.96. The van der Waals surface area contributed by atoms with E-state index in [1.54, 1.807) is 19.2 Å². The van der Waals surface area contributed by atoms with Crippen LogP contribution in [0, 0.1) is 5.82 Å². The van der Waals surface area contributed by atoms with Gasteiger partial charge in [0, 0.05) is 5.69 Å². The van der Waals surface area contributed by atoms with Crippen molar-refractivity contribution in [2.24, 2.45) is 0 Å². The largest absolute Gasteiger partial charge is 0.497 e. The lowest BCUT2D eigenvalue weighted by Crippen LogP contribution is -2.30. The smallest absolute Gasteiger partial charge is 0.171 e. The Morgan fingerprint density at radius 2 is 1.71 bits per heavy atom.